The van der Waals surface area contributed by atoms with Gasteiger partial charge >= 0.3 is 0 Å². The van der Waals surface area contributed by atoms with Gasteiger partial charge in [-0.05, 0) is 62.4 Å². The van der Waals surface area contributed by atoms with Gasteiger partial charge in [0.1, 0.15) is 12.1 Å². The number of ether oxygens (including phenoxy) is 2. The lowest BCUT2D eigenvalue weighted by atomic mass is 10.1. The van der Waals surface area contributed by atoms with Gasteiger partial charge in [-0.15, -0.1) is 0 Å². The minimum atomic E-state index is -0.276. The topological polar surface area (TPSA) is 108 Å². The molecule has 3 N–H and O–H groups in total. The number of halogens is 2. The van der Waals surface area contributed by atoms with Crippen LogP contribution in [0.3, 0.4) is 0 Å². The molecule has 2 saturated heterocycles. The number of carbonyl (C=O) groups excluding carboxylic acids is 1. The fourth-order valence-corrected chi connectivity index (χ4v) is 5.57. The summed E-state index contributed by atoms with van der Waals surface area (Å²) in [5.74, 6) is 0.414. The predicted molar refractivity (Wildman–Crippen MR) is 166 cm³/mol. The second-order valence-electron chi connectivity index (χ2n) is 10.6. The van der Waals surface area contributed by atoms with E-state index in [9.17, 15) is 4.79 Å². The van der Waals surface area contributed by atoms with Gasteiger partial charge in [0.2, 0.25) is 5.88 Å². The number of hydrogen-bond donors (Lipinski definition) is 3. The summed E-state index contributed by atoms with van der Waals surface area (Å²) >= 11 is 12.4. The number of nitrogens with zero attached hydrogens (tertiary/aromatic N) is 4. The number of aromatic amines is 1. The monoisotopic (exact) mass is 609 g/mol. The lowest BCUT2D eigenvalue weighted by Crippen LogP contribution is -2.44. The normalized spacial score (nSPS) is 16.5. The number of nitrogens with one attached hydrogen (secondary N) is 3. The van der Waals surface area contributed by atoms with E-state index in [-0.39, 0.29) is 18.6 Å². The van der Waals surface area contributed by atoms with Crippen LogP contribution in [0.15, 0.2) is 48.5 Å². The number of piperazine rings is 1. The quantitative estimate of drug-likeness (QED) is 0.242. The minimum Gasteiger partial charge on any atom is -0.473 e. The lowest BCUT2D eigenvalue weighted by molar-refractivity contribution is 0.0904. The molecule has 42 heavy (non-hydrogen) atoms. The number of aromatic nitrogens is 3. The highest BCUT2D eigenvalue weighted by molar-refractivity contribution is 6.33. The maximum atomic E-state index is 13.7. The third-order valence-electron chi connectivity index (χ3n) is 7.69. The summed E-state index contributed by atoms with van der Waals surface area (Å²) < 4.78 is 11.4. The number of hydrogen-bond acceptors (Lipinski definition) is 8. The predicted octanol–water partition coefficient (Wildman–Crippen LogP) is 5.44. The first-order valence-corrected chi connectivity index (χ1v) is 14.8. The molecular weight excluding hydrogens is 577 g/mol. The third-order valence-corrected chi connectivity index (χ3v) is 8.30. The van der Waals surface area contributed by atoms with Gasteiger partial charge in [0.25, 0.3) is 5.91 Å². The molecule has 12 heteroatoms. The molecule has 2 aliphatic rings. The molecular formula is C30H33Cl2N7O3. The highest BCUT2D eigenvalue weighted by Gasteiger charge is 2.22. The summed E-state index contributed by atoms with van der Waals surface area (Å²) in [5.41, 5.74) is 4.35. The van der Waals surface area contributed by atoms with E-state index in [1.54, 1.807) is 24.3 Å². The Morgan fingerprint density at radius 1 is 1.07 bits per heavy atom. The number of likely N-dealkylation sites (N-methyl/N-ethyl adjacent to an activating group) is 1. The van der Waals surface area contributed by atoms with Crippen molar-refractivity contribution >= 4 is 57.3 Å². The van der Waals surface area contributed by atoms with Crippen LogP contribution in [0.2, 0.25) is 10.0 Å². The highest BCUT2D eigenvalue weighted by Crippen LogP contribution is 2.29. The van der Waals surface area contributed by atoms with E-state index in [0.717, 1.165) is 56.0 Å². The van der Waals surface area contributed by atoms with Crippen LogP contribution in [0.5, 0.6) is 5.88 Å². The van der Waals surface area contributed by atoms with Crippen molar-refractivity contribution in [1.82, 2.24) is 20.1 Å². The number of pyridine rings is 1. The first-order valence-electron chi connectivity index (χ1n) is 14.1. The Labute approximate surface area is 254 Å². The van der Waals surface area contributed by atoms with Gasteiger partial charge in [-0.3, -0.25) is 9.89 Å². The van der Waals surface area contributed by atoms with Crippen LogP contribution >= 0.6 is 23.2 Å². The molecule has 2 fully saturated rings. The van der Waals surface area contributed by atoms with E-state index in [1.165, 1.54) is 0 Å². The summed E-state index contributed by atoms with van der Waals surface area (Å²) in [7, 11) is 2.14. The average Bonchev–Trinajstić information content (AvgIpc) is 3.40. The second-order valence-corrected chi connectivity index (χ2v) is 11.5. The third kappa shape index (κ3) is 6.57. The molecule has 0 saturated carbocycles. The van der Waals surface area contributed by atoms with E-state index in [1.807, 2.05) is 18.2 Å². The maximum absolute atomic E-state index is 13.7. The number of H-pyrrole nitrogens is 1. The molecule has 0 radical (unpaired) electrons. The smallest absolute Gasteiger partial charge is 0.259 e. The standard InChI is InChI=1S/C30H33Cl2N7O3/c1-38-10-12-39(13-11-38)22-3-4-23(26(17-22)33-21-8-14-41-15-9-21)30(40)35-29-28-25(36-37-29)6-7-27(34-28)42-18-19-16-20(31)2-5-24(19)32/h2-7,16-17,21,33H,8-15,18H2,1H3,(H2,35,36,37,40). The zero-order valence-electron chi connectivity index (χ0n) is 23.3. The summed E-state index contributed by atoms with van der Waals surface area (Å²) in [6.45, 7) is 5.49. The summed E-state index contributed by atoms with van der Waals surface area (Å²) in [5, 5.41) is 15.0. The van der Waals surface area contributed by atoms with Gasteiger partial charge in [0.15, 0.2) is 5.82 Å². The fraction of sp³-hybridized carbons (Fsp3) is 0.367. The van der Waals surface area contributed by atoms with Crippen molar-refractivity contribution in [2.45, 2.75) is 25.5 Å². The molecule has 0 aliphatic carbocycles. The zero-order valence-corrected chi connectivity index (χ0v) is 24.8. The number of anilines is 3. The van der Waals surface area contributed by atoms with E-state index in [2.05, 4.69) is 48.7 Å². The molecule has 4 aromatic rings. The molecule has 0 unspecified atom stereocenters. The van der Waals surface area contributed by atoms with E-state index < -0.39 is 0 Å². The van der Waals surface area contributed by atoms with Crippen molar-refractivity contribution in [2.75, 3.05) is 62.0 Å². The number of amides is 1. The van der Waals surface area contributed by atoms with Gasteiger partial charge in [0.05, 0.1) is 11.1 Å². The van der Waals surface area contributed by atoms with Crippen LogP contribution in [0.1, 0.15) is 28.8 Å². The largest absolute Gasteiger partial charge is 0.473 e. The molecule has 220 valence electrons. The van der Waals surface area contributed by atoms with Crippen molar-refractivity contribution < 1.29 is 14.3 Å². The molecule has 1 amide bonds. The van der Waals surface area contributed by atoms with E-state index in [0.29, 0.717) is 51.6 Å². The van der Waals surface area contributed by atoms with Gasteiger partial charge in [-0.1, -0.05) is 23.2 Å². The highest BCUT2D eigenvalue weighted by atomic mass is 35.5. The van der Waals surface area contributed by atoms with Crippen LogP contribution in [0, 0.1) is 0 Å². The number of rotatable bonds is 8. The van der Waals surface area contributed by atoms with Crippen LogP contribution < -0.4 is 20.3 Å². The fourth-order valence-electron chi connectivity index (χ4n) is 5.20. The Morgan fingerprint density at radius 3 is 2.69 bits per heavy atom. The summed E-state index contributed by atoms with van der Waals surface area (Å²) in [6, 6.07) is 15.0. The first kappa shape index (κ1) is 28.5. The van der Waals surface area contributed by atoms with E-state index >= 15 is 0 Å². The number of benzene rings is 2. The van der Waals surface area contributed by atoms with Gasteiger partial charge in [0, 0.05) is 78.5 Å². The van der Waals surface area contributed by atoms with Crippen molar-refractivity contribution in [1.29, 1.82) is 0 Å². The maximum Gasteiger partial charge on any atom is 0.259 e. The summed E-state index contributed by atoms with van der Waals surface area (Å²) in [6.07, 6.45) is 1.77. The first-order chi connectivity index (χ1) is 20.4. The van der Waals surface area contributed by atoms with Gasteiger partial charge in [-0.2, -0.15) is 5.10 Å². The number of fused-ring (bicyclic) bond motifs is 1. The van der Waals surface area contributed by atoms with Crippen molar-refractivity contribution in [3.05, 3.63) is 69.7 Å². The molecule has 4 heterocycles. The Kier molecular flexibility index (Phi) is 8.66. The molecule has 6 rings (SSSR count). The van der Waals surface area contributed by atoms with E-state index in [4.69, 9.17) is 32.7 Å². The Bertz CT molecular complexity index is 1570. The van der Waals surface area contributed by atoms with Crippen molar-refractivity contribution in [2.24, 2.45) is 0 Å². The van der Waals surface area contributed by atoms with Crippen molar-refractivity contribution in [3.8, 4) is 5.88 Å². The molecule has 2 aromatic heterocycles. The Balaban J connectivity index is 1.22. The molecule has 0 spiro atoms. The van der Waals surface area contributed by atoms with Crippen LogP contribution in [-0.4, -0.2) is 78.5 Å². The van der Waals surface area contributed by atoms with Gasteiger partial charge in [-0.25, -0.2) is 4.98 Å². The zero-order chi connectivity index (χ0) is 29.1. The lowest BCUT2D eigenvalue weighted by Gasteiger charge is -2.34. The van der Waals surface area contributed by atoms with Crippen LogP contribution in [0.4, 0.5) is 17.2 Å². The molecule has 2 aromatic carbocycles. The molecule has 2 aliphatic heterocycles. The Hall–Kier alpha value is -3.57. The van der Waals surface area contributed by atoms with Gasteiger partial charge < -0.3 is 29.9 Å². The Morgan fingerprint density at radius 2 is 1.88 bits per heavy atom. The summed E-state index contributed by atoms with van der Waals surface area (Å²) in [4.78, 5) is 23.0. The van der Waals surface area contributed by atoms with Crippen LogP contribution in [0.25, 0.3) is 11.0 Å². The van der Waals surface area contributed by atoms with Crippen molar-refractivity contribution in [3.63, 3.8) is 0 Å². The molecule has 10 nitrogen and oxygen atoms in total. The molecule has 0 bridgehead atoms. The molecule has 0 atom stereocenters. The SMILES string of the molecule is CN1CCN(c2ccc(C(=O)Nc3n[nH]c4ccc(OCc5cc(Cl)ccc5Cl)nc34)c(NC3CCOCC3)c2)CC1. The van der Waals surface area contributed by atoms with Crippen LogP contribution in [-0.2, 0) is 11.3 Å². The average molecular weight is 611 g/mol. The minimum absolute atomic E-state index is 0.193. The number of carbonyl (C=O) groups is 1. The second kappa shape index (κ2) is 12.7.